The van der Waals surface area contributed by atoms with Gasteiger partial charge in [-0.2, -0.15) is 5.26 Å². The van der Waals surface area contributed by atoms with E-state index < -0.39 is 0 Å². The number of benzene rings is 2. The number of anilines is 3. The van der Waals surface area contributed by atoms with Crippen molar-refractivity contribution in [1.29, 1.82) is 5.26 Å². The number of piperidine rings is 1. The number of rotatable bonds is 10. The molecule has 44 heavy (non-hydrogen) atoms. The zero-order chi connectivity index (χ0) is 30.3. The lowest BCUT2D eigenvalue weighted by molar-refractivity contribution is 0.0115. The van der Waals surface area contributed by atoms with Crippen LogP contribution in [0.5, 0.6) is 11.5 Å². The van der Waals surface area contributed by atoms with Crippen LogP contribution in [0.15, 0.2) is 61.4 Å². The quantitative estimate of drug-likeness (QED) is 0.284. The molecule has 12 heteroatoms. The van der Waals surface area contributed by atoms with E-state index in [0.29, 0.717) is 29.8 Å². The van der Waals surface area contributed by atoms with E-state index in [1.54, 1.807) is 38.2 Å². The Morgan fingerprint density at radius 2 is 1.73 bits per heavy atom. The maximum Gasteiger partial charge on any atom is 0.227 e. The van der Waals surface area contributed by atoms with Crippen LogP contribution >= 0.6 is 0 Å². The summed E-state index contributed by atoms with van der Waals surface area (Å²) in [6.07, 6.45) is 8.87. The molecule has 2 aliphatic heterocycles. The summed E-state index contributed by atoms with van der Waals surface area (Å²) in [4.78, 5) is 14.1. The fourth-order valence-corrected chi connectivity index (χ4v) is 5.83. The van der Waals surface area contributed by atoms with Gasteiger partial charge in [0.15, 0.2) is 0 Å². The molecular formula is C32H37N9O3. The largest absolute Gasteiger partial charge is 0.494 e. The van der Waals surface area contributed by atoms with Crippen molar-refractivity contribution in [2.75, 3.05) is 56.7 Å². The minimum absolute atomic E-state index is 0.195. The van der Waals surface area contributed by atoms with Gasteiger partial charge in [0, 0.05) is 61.9 Å². The second-order valence-corrected chi connectivity index (χ2v) is 11.1. The fraction of sp³-hybridized carbons (Fsp3) is 0.406. The molecule has 1 atom stereocenters. The third-order valence-electron chi connectivity index (χ3n) is 8.17. The molecule has 0 amide bonds. The topological polar surface area (TPSA) is 126 Å². The van der Waals surface area contributed by atoms with Gasteiger partial charge in [0.1, 0.15) is 36.3 Å². The van der Waals surface area contributed by atoms with Gasteiger partial charge >= 0.3 is 0 Å². The maximum absolute atomic E-state index is 9.61. The molecule has 0 saturated carbocycles. The highest BCUT2D eigenvalue weighted by molar-refractivity contribution is 5.70. The van der Waals surface area contributed by atoms with Gasteiger partial charge < -0.3 is 29.0 Å². The first kappa shape index (κ1) is 29.3. The molecule has 12 nitrogen and oxygen atoms in total. The summed E-state index contributed by atoms with van der Waals surface area (Å²) in [6, 6.07) is 14.5. The van der Waals surface area contributed by atoms with Crippen LogP contribution in [0.1, 0.15) is 25.3 Å². The second kappa shape index (κ2) is 13.7. The Labute approximate surface area is 257 Å². The third-order valence-corrected chi connectivity index (χ3v) is 8.17. The van der Waals surface area contributed by atoms with Crippen molar-refractivity contribution in [2.45, 2.75) is 38.5 Å². The minimum atomic E-state index is -0.195. The molecule has 4 aromatic rings. The number of nitrogens with one attached hydrogen (secondary N) is 1. The Morgan fingerprint density at radius 3 is 2.43 bits per heavy atom. The van der Waals surface area contributed by atoms with Gasteiger partial charge in [-0.1, -0.05) is 6.07 Å². The van der Waals surface area contributed by atoms with Gasteiger partial charge in [0.25, 0.3) is 0 Å². The average Bonchev–Trinajstić information content (AvgIpc) is 3.58. The molecule has 0 bridgehead atoms. The Bertz CT molecular complexity index is 1560. The maximum atomic E-state index is 9.61. The van der Waals surface area contributed by atoms with Gasteiger partial charge in [0.05, 0.1) is 38.1 Å². The van der Waals surface area contributed by atoms with Crippen LogP contribution in [0, 0.1) is 11.3 Å². The van der Waals surface area contributed by atoms with Crippen molar-refractivity contribution >= 4 is 17.3 Å². The molecule has 0 aliphatic carbocycles. The van der Waals surface area contributed by atoms with Crippen molar-refractivity contribution in [1.82, 2.24) is 29.6 Å². The molecule has 2 saturated heterocycles. The predicted molar refractivity (Wildman–Crippen MR) is 166 cm³/mol. The first-order valence-electron chi connectivity index (χ1n) is 15.0. The number of hydrogen-bond acceptors (Lipinski definition) is 11. The van der Waals surface area contributed by atoms with E-state index >= 15 is 0 Å². The number of nitriles is 1. The summed E-state index contributed by atoms with van der Waals surface area (Å²) in [5, 5.41) is 20.6. The number of morpholine rings is 1. The normalized spacial score (nSPS) is 16.7. The molecule has 1 N–H and O–H groups in total. The van der Waals surface area contributed by atoms with Gasteiger partial charge in [-0.25, -0.2) is 9.97 Å². The lowest BCUT2D eigenvalue weighted by Gasteiger charge is -2.40. The van der Waals surface area contributed by atoms with E-state index in [1.165, 1.54) is 0 Å². The van der Waals surface area contributed by atoms with Crippen molar-refractivity contribution in [3.05, 3.63) is 67.0 Å². The highest BCUT2D eigenvalue weighted by Gasteiger charge is 2.26. The Balaban J connectivity index is 1.10. The van der Waals surface area contributed by atoms with Crippen molar-refractivity contribution < 1.29 is 14.2 Å². The number of ether oxygens (including phenoxy) is 3. The van der Waals surface area contributed by atoms with Crippen molar-refractivity contribution in [3.63, 3.8) is 0 Å². The number of methoxy groups -OCH3 is 1. The second-order valence-electron chi connectivity index (χ2n) is 11.1. The molecule has 0 spiro atoms. The molecule has 0 unspecified atom stereocenters. The summed E-state index contributed by atoms with van der Waals surface area (Å²) < 4.78 is 19.2. The Morgan fingerprint density at radius 1 is 0.977 bits per heavy atom. The summed E-state index contributed by atoms with van der Waals surface area (Å²) >= 11 is 0. The van der Waals surface area contributed by atoms with Crippen LogP contribution in [-0.4, -0.2) is 88.3 Å². The van der Waals surface area contributed by atoms with E-state index in [4.69, 9.17) is 14.2 Å². The summed E-state index contributed by atoms with van der Waals surface area (Å²) in [7, 11) is 1.68. The SMILES string of the molecule is COc1cc(N2CCC(N3CCOCC3)CC2)ccc1Nc1ncc(-c2ccc(C#N)c(O[C@@H](C)Cn3cnnc3)c2)cn1. The summed E-state index contributed by atoms with van der Waals surface area (Å²) in [5.74, 6) is 1.70. The third kappa shape index (κ3) is 6.90. The number of aromatic nitrogens is 5. The zero-order valence-corrected chi connectivity index (χ0v) is 25.1. The lowest BCUT2D eigenvalue weighted by atomic mass is 10.0. The first-order valence-corrected chi connectivity index (χ1v) is 15.0. The van der Waals surface area contributed by atoms with E-state index in [-0.39, 0.29) is 6.10 Å². The highest BCUT2D eigenvalue weighted by Crippen LogP contribution is 2.33. The van der Waals surface area contributed by atoms with E-state index in [2.05, 4.69) is 53.5 Å². The van der Waals surface area contributed by atoms with Crippen LogP contribution in [0.4, 0.5) is 17.3 Å². The molecule has 6 rings (SSSR count). The molecule has 2 aromatic carbocycles. The molecule has 2 aromatic heterocycles. The van der Waals surface area contributed by atoms with E-state index in [0.717, 1.165) is 80.5 Å². The van der Waals surface area contributed by atoms with Crippen molar-refractivity contribution in [3.8, 4) is 28.7 Å². The molecule has 2 aliphatic rings. The fourth-order valence-electron chi connectivity index (χ4n) is 5.83. The van der Waals surface area contributed by atoms with Crippen molar-refractivity contribution in [2.24, 2.45) is 0 Å². The monoisotopic (exact) mass is 595 g/mol. The summed E-state index contributed by atoms with van der Waals surface area (Å²) in [6.45, 7) is 8.30. The van der Waals surface area contributed by atoms with E-state index in [9.17, 15) is 5.26 Å². The Kier molecular flexibility index (Phi) is 9.14. The molecule has 0 radical (unpaired) electrons. The zero-order valence-electron chi connectivity index (χ0n) is 25.1. The Hall–Kier alpha value is -4.73. The molecule has 2 fully saturated rings. The van der Waals surface area contributed by atoms with E-state index in [1.807, 2.05) is 29.7 Å². The van der Waals surface area contributed by atoms with Crippen LogP contribution in [0.25, 0.3) is 11.1 Å². The smallest absolute Gasteiger partial charge is 0.227 e. The number of nitrogens with zero attached hydrogens (tertiary/aromatic N) is 8. The summed E-state index contributed by atoms with van der Waals surface area (Å²) in [5.41, 5.74) is 4.06. The van der Waals surface area contributed by atoms with Crippen LogP contribution in [-0.2, 0) is 11.3 Å². The van der Waals surface area contributed by atoms with Gasteiger partial charge in [-0.3, -0.25) is 4.90 Å². The van der Waals surface area contributed by atoms with Crippen LogP contribution < -0.4 is 19.7 Å². The molecular weight excluding hydrogens is 558 g/mol. The predicted octanol–water partition coefficient (Wildman–Crippen LogP) is 4.13. The number of hydrogen-bond donors (Lipinski definition) is 1. The molecule has 4 heterocycles. The van der Waals surface area contributed by atoms with Crippen LogP contribution in [0.2, 0.25) is 0 Å². The first-order chi connectivity index (χ1) is 21.6. The van der Waals surface area contributed by atoms with Crippen LogP contribution in [0.3, 0.4) is 0 Å². The molecule has 228 valence electrons. The van der Waals surface area contributed by atoms with Gasteiger partial charge in [-0.15, -0.1) is 10.2 Å². The van der Waals surface area contributed by atoms with Gasteiger partial charge in [-0.05, 0) is 49.6 Å². The van der Waals surface area contributed by atoms with Gasteiger partial charge in [0.2, 0.25) is 5.95 Å². The standard InChI is InChI=1S/C32H37N9O3/c1-23(20-39-21-36-37-22-39)44-30-15-24(3-4-25(30)17-33)26-18-34-32(35-19-26)38-29-6-5-28(16-31(29)42-2)40-9-7-27(8-10-40)41-11-13-43-14-12-41/h3-6,15-16,18-19,21-23,27H,7-14,20H2,1-2H3,(H,34,35,38)/t23-/m0/s1. The average molecular weight is 596 g/mol. The lowest BCUT2D eigenvalue weighted by Crippen LogP contribution is -2.49. The highest BCUT2D eigenvalue weighted by atomic mass is 16.5. The minimum Gasteiger partial charge on any atom is -0.494 e.